The molecule has 21 heavy (non-hydrogen) atoms. The molecule has 0 saturated heterocycles. The van der Waals surface area contributed by atoms with E-state index in [1.165, 1.54) is 0 Å². The second kappa shape index (κ2) is 7.31. The van der Waals surface area contributed by atoms with Crippen LogP contribution in [0.25, 0.3) is 0 Å². The van der Waals surface area contributed by atoms with E-state index in [4.69, 9.17) is 17.6 Å². The molecule has 1 aromatic rings. The maximum absolute atomic E-state index is 9.96. The normalized spacial score (nSPS) is 23.4. The summed E-state index contributed by atoms with van der Waals surface area (Å²) in [5, 5.41) is 10.8. The van der Waals surface area contributed by atoms with Crippen molar-refractivity contribution in [2.45, 2.75) is 11.8 Å². The third-order valence-electron chi connectivity index (χ3n) is 3.71. The fraction of sp³-hybridized carbons (Fsp3) is 0.533. The van der Waals surface area contributed by atoms with Gasteiger partial charge in [0.05, 0.1) is 0 Å². The van der Waals surface area contributed by atoms with E-state index >= 15 is 0 Å². The van der Waals surface area contributed by atoms with Crippen molar-refractivity contribution >= 4 is 42.1 Å². The van der Waals surface area contributed by atoms with Crippen LogP contribution in [0.15, 0.2) is 29.3 Å². The zero-order chi connectivity index (χ0) is 15.5. The molecule has 1 aromatic carbocycles. The quantitative estimate of drug-likeness (QED) is 0.696. The van der Waals surface area contributed by atoms with Crippen LogP contribution < -0.4 is 0 Å². The number of phenols is 1. The van der Waals surface area contributed by atoms with E-state index in [2.05, 4.69) is 31.5 Å². The molecule has 0 aliphatic carbocycles. The Morgan fingerprint density at radius 2 is 2.19 bits per heavy atom. The van der Waals surface area contributed by atoms with Crippen molar-refractivity contribution in [1.29, 1.82) is 0 Å². The molecule has 0 bridgehead atoms. The Labute approximate surface area is 142 Å². The highest BCUT2D eigenvalue weighted by atomic mass is 32.2. The van der Waals surface area contributed by atoms with Crippen molar-refractivity contribution in [2.24, 2.45) is 10.9 Å². The number of aromatic hydroxyl groups is 1. The number of nitrogens with zero attached hydrogens (tertiary/aromatic N) is 2. The first-order valence-electron chi connectivity index (χ1n) is 6.99. The van der Waals surface area contributed by atoms with Crippen molar-refractivity contribution in [3.63, 3.8) is 0 Å². The predicted molar refractivity (Wildman–Crippen MR) is 99.3 cm³/mol. The number of phenolic OH excluding ortho intramolecular Hbond substituents is 1. The van der Waals surface area contributed by atoms with Gasteiger partial charge in [0, 0.05) is 36.1 Å². The lowest BCUT2D eigenvalue weighted by Crippen LogP contribution is -2.37. The molecule has 0 aromatic heterocycles. The average molecular weight is 343 g/mol. The van der Waals surface area contributed by atoms with Gasteiger partial charge < -0.3 is 10.0 Å². The number of rotatable bonds is 6. The van der Waals surface area contributed by atoms with Crippen LogP contribution in [0.4, 0.5) is 0 Å². The van der Waals surface area contributed by atoms with Crippen molar-refractivity contribution in [2.75, 3.05) is 31.6 Å². The number of benzene rings is 1. The summed E-state index contributed by atoms with van der Waals surface area (Å²) in [5.41, 5.74) is 0.800. The van der Waals surface area contributed by atoms with E-state index in [-0.39, 0.29) is 10.6 Å². The molecule has 1 N–H and O–H groups in total. The van der Waals surface area contributed by atoms with Gasteiger partial charge in [0.2, 0.25) is 0 Å². The minimum Gasteiger partial charge on any atom is -0.507 e. The highest BCUT2D eigenvalue weighted by Crippen LogP contribution is 2.40. The lowest BCUT2D eigenvalue weighted by Gasteiger charge is -2.30. The molecule has 2 atom stereocenters. The molecule has 3 nitrogen and oxygen atoms in total. The first-order chi connectivity index (χ1) is 9.96. The highest BCUT2D eigenvalue weighted by Gasteiger charge is 2.38. The molecular formula is C15H22N2OS3. The molecule has 0 spiro atoms. The largest absolute Gasteiger partial charge is 0.507 e. The molecule has 1 unspecified atom stereocenters. The standard InChI is InChI=1S/C15H22N2OS3/c1-11(9-17(2)7-8-19)15(20)10-21-14(16-15)12-5-3-4-6-13(12)18/h3-6,11,18-20H,7-10H2,1-2H3/t11?,15-/m1/s1. The van der Waals surface area contributed by atoms with Gasteiger partial charge in [-0.3, -0.25) is 4.99 Å². The van der Waals surface area contributed by atoms with Crippen molar-refractivity contribution in [1.82, 2.24) is 4.90 Å². The minimum atomic E-state index is -0.382. The van der Waals surface area contributed by atoms with Gasteiger partial charge in [-0.15, -0.1) is 24.4 Å². The van der Waals surface area contributed by atoms with Crippen molar-refractivity contribution < 1.29 is 5.11 Å². The summed E-state index contributed by atoms with van der Waals surface area (Å²) >= 11 is 10.8. The molecule has 2 rings (SSSR count). The van der Waals surface area contributed by atoms with Crippen molar-refractivity contribution in [3.05, 3.63) is 29.8 Å². The SMILES string of the molecule is CC(CN(C)CCS)[C@]1(S)CSC(c2ccccc2O)=N1. The minimum absolute atomic E-state index is 0.279. The van der Waals surface area contributed by atoms with Gasteiger partial charge in [-0.25, -0.2) is 0 Å². The maximum atomic E-state index is 9.96. The fourth-order valence-corrected chi connectivity index (χ4v) is 4.37. The first kappa shape index (κ1) is 17.1. The Hall–Kier alpha value is -0.300. The molecule has 6 heteroatoms. The van der Waals surface area contributed by atoms with E-state index < -0.39 is 0 Å². The molecule has 116 valence electrons. The Bertz CT molecular complexity index is 523. The first-order valence-corrected chi connectivity index (χ1v) is 9.05. The van der Waals surface area contributed by atoms with Crippen LogP contribution in [0.1, 0.15) is 12.5 Å². The molecular weight excluding hydrogens is 320 g/mol. The van der Waals surface area contributed by atoms with Crippen molar-refractivity contribution in [3.8, 4) is 5.75 Å². The van der Waals surface area contributed by atoms with Crippen LogP contribution >= 0.6 is 37.0 Å². The van der Waals surface area contributed by atoms with Gasteiger partial charge in [0.15, 0.2) is 0 Å². The van der Waals surface area contributed by atoms with E-state index in [1.807, 2.05) is 18.2 Å². The van der Waals surface area contributed by atoms with Gasteiger partial charge in [0.25, 0.3) is 0 Å². The van der Waals surface area contributed by atoms with E-state index in [1.54, 1.807) is 17.8 Å². The molecule has 1 aliphatic rings. The summed E-state index contributed by atoms with van der Waals surface area (Å²) in [4.78, 5) is 6.68. The second-order valence-corrected chi connectivity index (χ2v) is 7.67. The third-order valence-corrected chi connectivity index (χ3v) is 5.99. The van der Waals surface area contributed by atoms with Crippen LogP contribution in [-0.2, 0) is 0 Å². The monoisotopic (exact) mass is 342 g/mol. The summed E-state index contributed by atoms with van der Waals surface area (Å²) in [6.45, 7) is 4.07. The van der Waals surface area contributed by atoms with E-state index in [0.717, 1.165) is 35.2 Å². The van der Waals surface area contributed by atoms with Crippen LogP contribution in [0.3, 0.4) is 0 Å². The molecule has 1 aliphatic heterocycles. The molecule has 1 heterocycles. The molecule has 0 radical (unpaired) electrons. The average Bonchev–Trinajstić information content (AvgIpc) is 2.83. The fourth-order valence-electron chi connectivity index (χ4n) is 2.34. The van der Waals surface area contributed by atoms with Gasteiger partial charge >= 0.3 is 0 Å². The number of hydrogen-bond donors (Lipinski definition) is 3. The molecule has 0 saturated carbocycles. The van der Waals surface area contributed by atoms with E-state index in [0.29, 0.717) is 5.92 Å². The van der Waals surface area contributed by atoms with Crippen LogP contribution in [-0.4, -0.2) is 51.6 Å². The smallest absolute Gasteiger partial charge is 0.125 e. The van der Waals surface area contributed by atoms with Crippen LogP contribution in [0, 0.1) is 5.92 Å². The molecule has 0 amide bonds. The number of thioether (sulfide) groups is 1. The lowest BCUT2D eigenvalue weighted by atomic mass is 10.0. The number of aliphatic imine (C=N–C) groups is 1. The zero-order valence-electron chi connectivity index (χ0n) is 12.4. The van der Waals surface area contributed by atoms with Gasteiger partial charge in [-0.2, -0.15) is 12.6 Å². The Morgan fingerprint density at radius 3 is 2.86 bits per heavy atom. The summed E-state index contributed by atoms with van der Waals surface area (Å²) < 4.78 is 0. The summed E-state index contributed by atoms with van der Waals surface area (Å²) in [6.07, 6.45) is 0. The van der Waals surface area contributed by atoms with Crippen LogP contribution in [0.2, 0.25) is 0 Å². The lowest BCUT2D eigenvalue weighted by molar-refractivity contribution is 0.275. The van der Waals surface area contributed by atoms with Gasteiger partial charge in [0.1, 0.15) is 15.7 Å². The number of thiol groups is 2. The maximum Gasteiger partial charge on any atom is 0.125 e. The third kappa shape index (κ3) is 4.12. The molecule has 0 fully saturated rings. The highest BCUT2D eigenvalue weighted by molar-refractivity contribution is 8.15. The zero-order valence-corrected chi connectivity index (χ0v) is 15.0. The number of hydrogen-bond acceptors (Lipinski definition) is 6. The Kier molecular flexibility index (Phi) is 5.94. The summed E-state index contributed by atoms with van der Waals surface area (Å²) in [7, 11) is 2.10. The predicted octanol–water partition coefficient (Wildman–Crippen LogP) is 3.01. The number of para-hydroxylation sites is 1. The van der Waals surface area contributed by atoms with Gasteiger partial charge in [-0.1, -0.05) is 19.1 Å². The second-order valence-electron chi connectivity index (χ2n) is 5.49. The Morgan fingerprint density at radius 1 is 1.48 bits per heavy atom. The van der Waals surface area contributed by atoms with Crippen LogP contribution in [0.5, 0.6) is 5.75 Å². The Balaban J connectivity index is 2.13. The van der Waals surface area contributed by atoms with Gasteiger partial charge in [-0.05, 0) is 19.2 Å². The summed E-state index contributed by atoms with van der Waals surface area (Å²) in [6, 6.07) is 7.34. The summed E-state index contributed by atoms with van der Waals surface area (Å²) in [5.74, 6) is 2.28. The van der Waals surface area contributed by atoms with E-state index in [9.17, 15) is 5.11 Å². The topological polar surface area (TPSA) is 35.8 Å².